The normalized spacial score (nSPS) is 16.1. The molecule has 1 aromatic heterocycles. The Kier molecular flexibility index (Phi) is 5.00. The van der Waals surface area contributed by atoms with E-state index in [1.807, 2.05) is 0 Å². The molecule has 0 radical (unpaired) electrons. The number of piperidine rings is 1. The highest BCUT2D eigenvalue weighted by Gasteiger charge is 2.19. The van der Waals surface area contributed by atoms with Crippen LogP contribution in [-0.2, 0) is 0 Å². The molecule has 0 aromatic carbocycles. The van der Waals surface area contributed by atoms with Gasteiger partial charge in [-0.15, -0.1) is 0 Å². The van der Waals surface area contributed by atoms with E-state index >= 15 is 0 Å². The monoisotopic (exact) mass is 278 g/mol. The van der Waals surface area contributed by atoms with E-state index < -0.39 is 0 Å². The van der Waals surface area contributed by atoms with Crippen LogP contribution in [0.25, 0.3) is 0 Å². The first-order valence-electron chi connectivity index (χ1n) is 6.76. The standard InChI is InChI=1S/C14H19ClN4/c1-2-19(10-11-3-6-17-7-4-11)14-13(15)12(9-16)5-8-18-14/h5,8,11,17H,2-4,6-7,10H2,1H3. The number of anilines is 1. The second-order valence-electron chi connectivity index (χ2n) is 4.84. The van der Waals surface area contributed by atoms with Crippen LogP contribution in [-0.4, -0.2) is 31.2 Å². The highest BCUT2D eigenvalue weighted by Crippen LogP contribution is 2.27. The first-order chi connectivity index (χ1) is 9.26. The van der Waals surface area contributed by atoms with E-state index in [0.29, 0.717) is 16.5 Å². The van der Waals surface area contributed by atoms with Crippen LogP contribution in [0.2, 0.25) is 5.02 Å². The fourth-order valence-electron chi connectivity index (χ4n) is 2.48. The quantitative estimate of drug-likeness (QED) is 0.919. The lowest BCUT2D eigenvalue weighted by molar-refractivity contribution is 0.374. The average Bonchev–Trinajstić information content (AvgIpc) is 2.46. The van der Waals surface area contributed by atoms with Gasteiger partial charge in [-0.25, -0.2) is 4.98 Å². The largest absolute Gasteiger partial charge is 0.355 e. The molecule has 0 unspecified atom stereocenters. The Bertz CT molecular complexity index is 463. The van der Waals surface area contributed by atoms with Crippen molar-refractivity contribution < 1.29 is 0 Å². The number of pyridine rings is 1. The third-order valence-corrected chi connectivity index (χ3v) is 3.98. The van der Waals surface area contributed by atoms with E-state index in [2.05, 4.69) is 28.2 Å². The van der Waals surface area contributed by atoms with Crippen molar-refractivity contribution in [1.29, 1.82) is 5.26 Å². The molecule has 2 heterocycles. The van der Waals surface area contributed by atoms with Gasteiger partial charge in [-0.2, -0.15) is 5.26 Å². The minimum Gasteiger partial charge on any atom is -0.355 e. The SMILES string of the molecule is CCN(CC1CCNCC1)c1nccc(C#N)c1Cl. The van der Waals surface area contributed by atoms with Crippen LogP contribution < -0.4 is 10.2 Å². The molecule has 4 nitrogen and oxygen atoms in total. The second-order valence-corrected chi connectivity index (χ2v) is 5.22. The minimum atomic E-state index is 0.473. The van der Waals surface area contributed by atoms with E-state index in [1.165, 1.54) is 12.8 Å². The van der Waals surface area contributed by atoms with Crippen LogP contribution in [0.1, 0.15) is 25.3 Å². The number of nitrogens with one attached hydrogen (secondary N) is 1. The van der Waals surface area contributed by atoms with Gasteiger partial charge in [0.1, 0.15) is 16.9 Å². The molecule has 0 atom stereocenters. The molecule has 0 bridgehead atoms. The van der Waals surface area contributed by atoms with E-state index in [-0.39, 0.29) is 0 Å². The zero-order valence-corrected chi connectivity index (χ0v) is 12.0. The highest BCUT2D eigenvalue weighted by atomic mass is 35.5. The molecular formula is C14H19ClN4. The van der Waals surface area contributed by atoms with Crippen LogP contribution in [0.5, 0.6) is 0 Å². The van der Waals surface area contributed by atoms with Gasteiger partial charge in [-0.3, -0.25) is 0 Å². The van der Waals surface area contributed by atoms with Crippen molar-refractivity contribution in [1.82, 2.24) is 10.3 Å². The molecule has 2 rings (SSSR count). The topological polar surface area (TPSA) is 52.0 Å². The molecule has 0 amide bonds. The average molecular weight is 279 g/mol. The Morgan fingerprint density at radius 3 is 2.89 bits per heavy atom. The molecule has 0 spiro atoms. The molecule has 1 N–H and O–H groups in total. The Labute approximate surface area is 119 Å². The summed E-state index contributed by atoms with van der Waals surface area (Å²) < 4.78 is 0. The number of nitrogens with zero attached hydrogens (tertiary/aromatic N) is 3. The third-order valence-electron chi connectivity index (χ3n) is 3.61. The van der Waals surface area contributed by atoms with Crippen LogP contribution in [0.4, 0.5) is 5.82 Å². The van der Waals surface area contributed by atoms with Gasteiger partial charge in [0.05, 0.1) is 5.56 Å². The molecule has 1 aliphatic rings. The van der Waals surface area contributed by atoms with Crippen molar-refractivity contribution in [2.24, 2.45) is 5.92 Å². The predicted octanol–water partition coefficient (Wildman–Crippen LogP) is 2.43. The van der Waals surface area contributed by atoms with Gasteiger partial charge in [-0.05, 0) is 44.8 Å². The summed E-state index contributed by atoms with van der Waals surface area (Å²) in [4.78, 5) is 6.53. The summed E-state index contributed by atoms with van der Waals surface area (Å²) in [6.45, 7) is 6.08. The van der Waals surface area contributed by atoms with E-state index in [1.54, 1.807) is 12.3 Å². The predicted molar refractivity (Wildman–Crippen MR) is 77.4 cm³/mol. The van der Waals surface area contributed by atoms with Gasteiger partial charge in [0.2, 0.25) is 0 Å². The van der Waals surface area contributed by atoms with Crippen molar-refractivity contribution in [3.05, 3.63) is 22.8 Å². The van der Waals surface area contributed by atoms with E-state index in [4.69, 9.17) is 16.9 Å². The molecule has 5 heteroatoms. The summed E-state index contributed by atoms with van der Waals surface area (Å²) in [6, 6.07) is 3.77. The Morgan fingerprint density at radius 2 is 2.26 bits per heavy atom. The lowest BCUT2D eigenvalue weighted by Crippen LogP contribution is -2.36. The fourth-order valence-corrected chi connectivity index (χ4v) is 2.75. The van der Waals surface area contributed by atoms with Crippen molar-refractivity contribution >= 4 is 17.4 Å². The molecule has 0 aliphatic carbocycles. The lowest BCUT2D eigenvalue weighted by atomic mass is 9.97. The Hall–Kier alpha value is -1.31. The van der Waals surface area contributed by atoms with Crippen molar-refractivity contribution in [2.45, 2.75) is 19.8 Å². The minimum absolute atomic E-state index is 0.473. The molecule has 0 saturated carbocycles. The lowest BCUT2D eigenvalue weighted by Gasteiger charge is -2.30. The first kappa shape index (κ1) is 14.1. The maximum absolute atomic E-state index is 9.03. The van der Waals surface area contributed by atoms with Crippen LogP contribution >= 0.6 is 11.6 Å². The summed E-state index contributed by atoms with van der Waals surface area (Å²) in [5.41, 5.74) is 0.496. The highest BCUT2D eigenvalue weighted by molar-refractivity contribution is 6.34. The molecule has 19 heavy (non-hydrogen) atoms. The van der Waals surface area contributed by atoms with Gasteiger partial charge in [0, 0.05) is 19.3 Å². The first-order valence-corrected chi connectivity index (χ1v) is 7.14. The van der Waals surface area contributed by atoms with Gasteiger partial charge < -0.3 is 10.2 Å². The smallest absolute Gasteiger partial charge is 0.148 e. The van der Waals surface area contributed by atoms with Crippen molar-refractivity contribution in [3.63, 3.8) is 0 Å². The van der Waals surface area contributed by atoms with Crippen LogP contribution in [0.3, 0.4) is 0 Å². The third kappa shape index (κ3) is 3.37. The molecule has 102 valence electrons. The maximum atomic E-state index is 9.03. The number of nitriles is 1. The molecule has 1 fully saturated rings. The number of halogens is 1. The van der Waals surface area contributed by atoms with E-state index in [0.717, 1.165) is 32.0 Å². The summed E-state index contributed by atoms with van der Waals surface area (Å²) in [6.07, 6.45) is 4.03. The second kappa shape index (κ2) is 6.74. The van der Waals surface area contributed by atoms with Gasteiger partial charge in [0.15, 0.2) is 0 Å². The van der Waals surface area contributed by atoms with Crippen LogP contribution in [0.15, 0.2) is 12.3 Å². The number of rotatable bonds is 4. The summed E-state index contributed by atoms with van der Waals surface area (Å²) >= 11 is 6.26. The van der Waals surface area contributed by atoms with E-state index in [9.17, 15) is 0 Å². The van der Waals surface area contributed by atoms with Crippen molar-refractivity contribution in [2.75, 3.05) is 31.1 Å². The Balaban J connectivity index is 2.15. The zero-order chi connectivity index (χ0) is 13.7. The fraction of sp³-hybridized carbons (Fsp3) is 0.571. The molecule has 1 aliphatic heterocycles. The number of aromatic nitrogens is 1. The van der Waals surface area contributed by atoms with Crippen molar-refractivity contribution in [3.8, 4) is 6.07 Å². The summed E-state index contributed by atoms with van der Waals surface area (Å²) in [5.74, 6) is 1.41. The molecular weight excluding hydrogens is 260 g/mol. The summed E-state index contributed by atoms with van der Waals surface area (Å²) in [5, 5.41) is 12.9. The van der Waals surface area contributed by atoms with Gasteiger partial charge >= 0.3 is 0 Å². The Morgan fingerprint density at radius 1 is 1.53 bits per heavy atom. The molecule has 1 saturated heterocycles. The molecule has 1 aromatic rings. The van der Waals surface area contributed by atoms with Crippen LogP contribution in [0, 0.1) is 17.2 Å². The number of hydrogen-bond acceptors (Lipinski definition) is 4. The summed E-state index contributed by atoms with van der Waals surface area (Å²) in [7, 11) is 0. The maximum Gasteiger partial charge on any atom is 0.148 e. The number of hydrogen-bond donors (Lipinski definition) is 1. The van der Waals surface area contributed by atoms with Gasteiger partial charge in [-0.1, -0.05) is 11.6 Å². The van der Waals surface area contributed by atoms with Gasteiger partial charge in [0.25, 0.3) is 0 Å². The zero-order valence-electron chi connectivity index (χ0n) is 11.2.